The van der Waals surface area contributed by atoms with Gasteiger partial charge in [0.25, 0.3) is 0 Å². The van der Waals surface area contributed by atoms with Crippen LogP contribution in [0.1, 0.15) is 32.6 Å². The highest BCUT2D eigenvalue weighted by Gasteiger charge is 2.34. The van der Waals surface area contributed by atoms with Crippen LogP contribution in [0.15, 0.2) is 27.6 Å². The molecule has 4 nitrogen and oxygen atoms in total. The van der Waals surface area contributed by atoms with Crippen molar-refractivity contribution in [2.75, 3.05) is 6.54 Å². The van der Waals surface area contributed by atoms with E-state index in [4.69, 9.17) is 0 Å². The molecule has 118 valence electrons. The van der Waals surface area contributed by atoms with E-state index in [9.17, 15) is 17.9 Å². The molecule has 1 saturated carbocycles. The molecule has 21 heavy (non-hydrogen) atoms. The van der Waals surface area contributed by atoms with Gasteiger partial charge in [-0.25, -0.2) is 17.5 Å². The minimum absolute atomic E-state index is 0.0243. The lowest BCUT2D eigenvalue weighted by Gasteiger charge is -2.35. The third-order valence-corrected chi connectivity index (χ3v) is 6.22. The molecule has 0 amide bonds. The number of halogens is 2. The molecule has 2 N–H and O–H groups in total. The molecule has 0 radical (unpaired) electrons. The fraction of sp³-hybridized carbons (Fsp3) is 0.571. The van der Waals surface area contributed by atoms with E-state index in [0.717, 1.165) is 25.0 Å². The molecule has 2 rings (SSSR count). The van der Waals surface area contributed by atoms with Crippen LogP contribution in [-0.4, -0.2) is 25.7 Å². The fourth-order valence-corrected chi connectivity index (χ4v) is 4.96. The average Bonchev–Trinajstić information content (AvgIpc) is 2.36. The lowest BCUT2D eigenvalue weighted by Crippen LogP contribution is -2.45. The monoisotopic (exact) mass is 379 g/mol. The zero-order valence-electron chi connectivity index (χ0n) is 11.8. The second-order valence-electron chi connectivity index (χ2n) is 5.83. The summed E-state index contributed by atoms with van der Waals surface area (Å²) in [5.74, 6) is -0.133. The van der Waals surface area contributed by atoms with Gasteiger partial charge in [0.2, 0.25) is 10.0 Å². The van der Waals surface area contributed by atoms with E-state index in [0.29, 0.717) is 18.8 Å². The summed E-state index contributed by atoms with van der Waals surface area (Å²) in [5, 5.41) is 10.5. The number of sulfonamides is 1. The standard InChI is InChI=1S/C14H19BrFNO3S/c1-10-3-2-6-14(18,8-10)9-17-21(19,20)13-5-4-11(16)7-12(13)15/h4-5,7,10,17-18H,2-3,6,8-9H2,1H3. The molecule has 0 spiro atoms. The van der Waals surface area contributed by atoms with Crippen molar-refractivity contribution in [1.29, 1.82) is 0 Å². The molecular weight excluding hydrogens is 361 g/mol. The van der Waals surface area contributed by atoms with E-state index in [2.05, 4.69) is 27.6 Å². The van der Waals surface area contributed by atoms with Crippen LogP contribution in [-0.2, 0) is 10.0 Å². The highest BCUT2D eigenvalue weighted by atomic mass is 79.9. The van der Waals surface area contributed by atoms with Crippen molar-refractivity contribution in [2.24, 2.45) is 5.92 Å². The SMILES string of the molecule is CC1CCCC(O)(CNS(=O)(=O)c2ccc(F)cc2Br)C1. The lowest BCUT2D eigenvalue weighted by molar-refractivity contribution is -0.00751. The third-order valence-electron chi connectivity index (χ3n) is 3.84. The summed E-state index contributed by atoms with van der Waals surface area (Å²) in [5.41, 5.74) is -1.00. The summed E-state index contributed by atoms with van der Waals surface area (Å²) in [6.07, 6.45) is 3.11. The highest BCUT2D eigenvalue weighted by Crippen LogP contribution is 2.32. The number of rotatable bonds is 4. The van der Waals surface area contributed by atoms with Gasteiger partial charge in [0.1, 0.15) is 5.82 Å². The Kier molecular flexibility index (Phi) is 5.07. The molecule has 0 bridgehead atoms. The summed E-state index contributed by atoms with van der Waals surface area (Å²) < 4.78 is 40.1. The molecule has 1 aliphatic rings. The number of hydrogen-bond acceptors (Lipinski definition) is 3. The van der Waals surface area contributed by atoms with Gasteiger partial charge in [-0.1, -0.05) is 19.8 Å². The first-order chi connectivity index (χ1) is 9.72. The van der Waals surface area contributed by atoms with Crippen molar-refractivity contribution in [1.82, 2.24) is 4.72 Å². The Morgan fingerprint density at radius 2 is 2.24 bits per heavy atom. The van der Waals surface area contributed by atoms with Gasteiger partial charge < -0.3 is 5.11 Å². The molecule has 0 heterocycles. The zero-order chi connectivity index (χ0) is 15.7. The van der Waals surface area contributed by atoms with Gasteiger partial charge in [0.15, 0.2) is 0 Å². The maximum atomic E-state index is 13.0. The van der Waals surface area contributed by atoms with Crippen LogP contribution in [0.3, 0.4) is 0 Å². The van der Waals surface area contributed by atoms with Gasteiger partial charge in [-0.3, -0.25) is 0 Å². The molecule has 2 unspecified atom stereocenters. The first-order valence-corrected chi connectivity index (χ1v) is 9.17. The van der Waals surface area contributed by atoms with Crippen molar-refractivity contribution in [3.63, 3.8) is 0 Å². The molecule has 1 aromatic rings. The molecule has 0 aliphatic heterocycles. The minimum Gasteiger partial charge on any atom is -0.389 e. The largest absolute Gasteiger partial charge is 0.389 e. The quantitative estimate of drug-likeness (QED) is 0.844. The second kappa shape index (κ2) is 6.32. The maximum absolute atomic E-state index is 13.0. The van der Waals surface area contributed by atoms with E-state index in [1.807, 2.05) is 0 Å². The van der Waals surface area contributed by atoms with E-state index < -0.39 is 21.4 Å². The first kappa shape index (κ1) is 16.9. The number of nitrogens with one attached hydrogen (secondary N) is 1. The van der Waals surface area contributed by atoms with Crippen molar-refractivity contribution in [2.45, 2.75) is 43.1 Å². The topological polar surface area (TPSA) is 66.4 Å². The normalized spacial score (nSPS) is 26.8. The Morgan fingerprint density at radius 3 is 2.86 bits per heavy atom. The van der Waals surface area contributed by atoms with Crippen molar-refractivity contribution in [3.05, 3.63) is 28.5 Å². The molecule has 1 fully saturated rings. The molecule has 0 saturated heterocycles. The fourth-order valence-electron chi connectivity index (χ4n) is 2.79. The van der Waals surface area contributed by atoms with Gasteiger partial charge in [0, 0.05) is 11.0 Å². The van der Waals surface area contributed by atoms with E-state index in [1.54, 1.807) is 0 Å². The van der Waals surface area contributed by atoms with Crippen LogP contribution in [0.2, 0.25) is 0 Å². The highest BCUT2D eigenvalue weighted by molar-refractivity contribution is 9.10. The van der Waals surface area contributed by atoms with Crippen LogP contribution >= 0.6 is 15.9 Å². The number of benzene rings is 1. The van der Waals surface area contributed by atoms with Crippen LogP contribution in [0.5, 0.6) is 0 Å². The lowest BCUT2D eigenvalue weighted by atomic mass is 9.79. The Labute approximate surface area is 132 Å². The minimum atomic E-state index is -3.79. The maximum Gasteiger partial charge on any atom is 0.241 e. The molecule has 1 aromatic carbocycles. The smallest absolute Gasteiger partial charge is 0.241 e. The van der Waals surface area contributed by atoms with Gasteiger partial charge in [-0.05, 0) is 52.9 Å². The average molecular weight is 380 g/mol. The van der Waals surface area contributed by atoms with E-state index in [-0.39, 0.29) is 15.9 Å². The molecule has 7 heteroatoms. The second-order valence-corrected chi connectivity index (χ2v) is 8.41. The molecule has 0 aromatic heterocycles. The summed E-state index contributed by atoms with van der Waals surface area (Å²) >= 11 is 3.05. The predicted octanol–water partition coefficient (Wildman–Crippen LogP) is 2.81. The van der Waals surface area contributed by atoms with Crippen LogP contribution in [0.4, 0.5) is 4.39 Å². The Bertz CT molecular complexity index is 623. The van der Waals surface area contributed by atoms with Crippen molar-refractivity contribution in [3.8, 4) is 0 Å². The summed E-state index contributed by atoms with van der Waals surface area (Å²) in [7, 11) is -3.79. The van der Waals surface area contributed by atoms with Gasteiger partial charge >= 0.3 is 0 Å². The van der Waals surface area contributed by atoms with E-state index in [1.165, 1.54) is 6.07 Å². The zero-order valence-corrected chi connectivity index (χ0v) is 14.2. The summed E-state index contributed by atoms with van der Waals surface area (Å²) in [6, 6.07) is 3.40. The first-order valence-electron chi connectivity index (χ1n) is 6.89. The van der Waals surface area contributed by atoms with E-state index >= 15 is 0 Å². The van der Waals surface area contributed by atoms with Crippen LogP contribution in [0.25, 0.3) is 0 Å². The third kappa shape index (κ3) is 4.25. The van der Waals surface area contributed by atoms with Crippen LogP contribution < -0.4 is 4.72 Å². The Hall–Kier alpha value is -0.500. The molecule has 1 aliphatic carbocycles. The molecular formula is C14H19BrFNO3S. The summed E-state index contributed by atoms with van der Waals surface area (Å²) in [6.45, 7) is 2.03. The Morgan fingerprint density at radius 1 is 1.52 bits per heavy atom. The molecule has 2 atom stereocenters. The number of hydrogen-bond donors (Lipinski definition) is 2. The number of aliphatic hydroxyl groups is 1. The predicted molar refractivity (Wildman–Crippen MR) is 81.9 cm³/mol. The van der Waals surface area contributed by atoms with Crippen molar-refractivity contribution >= 4 is 26.0 Å². The van der Waals surface area contributed by atoms with Gasteiger partial charge in [-0.2, -0.15) is 0 Å². The van der Waals surface area contributed by atoms with Crippen LogP contribution in [0, 0.1) is 11.7 Å². The van der Waals surface area contributed by atoms with Crippen molar-refractivity contribution < 1.29 is 17.9 Å². The van der Waals surface area contributed by atoms with Gasteiger partial charge in [0.05, 0.1) is 10.5 Å². The Balaban J connectivity index is 2.11. The summed E-state index contributed by atoms with van der Waals surface area (Å²) in [4.78, 5) is -0.0312. The van der Waals surface area contributed by atoms with Gasteiger partial charge in [-0.15, -0.1) is 0 Å².